The van der Waals surface area contributed by atoms with Gasteiger partial charge in [0.1, 0.15) is 23.4 Å². The van der Waals surface area contributed by atoms with Crippen molar-refractivity contribution in [2.24, 2.45) is 7.05 Å². The van der Waals surface area contributed by atoms with Crippen molar-refractivity contribution in [3.05, 3.63) is 114 Å². The lowest BCUT2D eigenvalue weighted by Gasteiger charge is -2.19. The van der Waals surface area contributed by atoms with Crippen molar-refractivity contribution < 1.29 is 14.3 Å². The fraction of sp³-hybridized carbons (Fsp3) is 0.138. The molecule has 1 N–H and O–H groups in total. The number of amides is 1. The Kier molecular flexibility index (Phi) is 6.72. The first kappa shape index (κ1) is 23.9. The lowest BCUT2D eigenvalue weighted by molar-refractivity contribution is 0.0935. The number of carbonyl (C=O) groups is 1. The highest BCUT2D eigenvalue weighted by Crippen LogP contribution is 2.28. The minimum atomic E-state index is -0.506. The van der Waals surface area contributed by atoms with Gasteiger partial charge in [0.05, 0.1) is 25.6 Å². The number of ether oxygens (including phenoxy) is 2. The van der Waals surface area contributed by atoms with E-state index in [0.29, 0.717) is 11.6 Å². The number of nitrogens with zero attached hydrogens (tertiary/aromatic N) is 4. The van der Waals surface area contributed by atoms with Crippen LogP contribution in [0.5, 0.6) is 11.5 Å². The van der Waals surface area contributed by atoms with Gasteiger partial charge in [-0.1, -0.05) is 30.3 Å². The topological polar surface area (TPSA) is 83.2 Å². The highest BCUT2D eigenvalue weighted by atomic mass is 16.5. The van der Waals surface area contributed by atoms with Crippen LogP contribution in [0.2, 0.25) is 0 Å². The Balaban J connectivity index is 1.54. The predicted molar refractivity (Wildman–Crippen MR) is 141 cm³/mol. The zero-order chi connectivity index (χ0) is 25.8. The second kappa shape index (κ2) is 10.4. The van der Waals surface area contributed by atoms with Crippen LogP contribution >= 0.6 is 0 Å². The minimum absolute atomic E-state index is 0.289. The van der Waals surface area contributed by atoms with E-state index in [1.165, 1.54) is 0 Å². The number of hydrogen-bond acceptors (Lipinski definition) is 5. The van der Waals surface area contributed by atoms with Crippen molar-refractivity contribution in [2.45, 2.75) is 6.04 Å². The zero-order valence-electron chi connectivity index (χ0n) is 20.8. The molecular formula is C29H27N5O3. The Morgan fingerprint density at radius 3 is 2.32 bits per heavy atom. The van der Waals surface area contributed by atoms with E-state index in [-0.39, 0.29) is 11.6 Å². The van der Waals surface area contributed by atoms with Gasteiger partial charge in [-0.25, -0.2) is 9.67 Å². The summed E-state index contributed by atoms with van der Waals surface area (Å²) in [6.07, 6.45) is 3.56. The number of aromatic nitrogens is 4. The standard InChI is InChI=1S/C29H27N5O3/c1-33-17-16-30-28(33)27(21-8-7-11-24(18-21)37-3)31-29(35)25-19-26(20-12-14-23(36-2)15-13-20)34(32-25)22-9-5-4-6-10-22/h4-19,27H,1-3H3,(H,31,35). The van der Waals surface area contributed by atoms with Gasteiger partial charge in [0.15, 0.2) is 5.69 Å². The van der Waals surface area contributed by atoms with Crippen molar-refractivity contribution in [3.8, 4) is 28.4 Å². The van der Waals surface area contributed by atoms with Gasteiger partial charge in [-0.3, -0.25) is 4.79 Å². The fourth-order valence-electron chi connectivity index (χ4n) is 4.20. The molecule has 186 valence electrons. The molecule has 2 heterocycles. The average molecular weight is 494 g/mol. The average Bonchev–Trinajstić information content (AvgIpc) is 3.59. The van der Waals surface area contributed by atoms with Gasteiger partial charge in [-0.05, 0) is 60.2 Å². The van der Waals surface area contributed by atoms with E-state index in [0.717, 1.165) is 28.3 Å². The van der Waals surface area contributed by atoms with Gasteiger partial charge in [0.25, 0.3) is 5.91 Å². The van der Waals surface area contributed by atoms with Crippen LogP contribution in [0, 0.1) is 0 Å². The number of aryl methyl sites for hydroxylation is 1. The Morgan fingerprint density at radius 2 is 1.65 bits per heavy atom. The number of rotatable bonds is 8. The summed E-state index contributed by atoms with van der Waals surface area (Å²) in [6, 6.07) is 26.3. The summed E-state index contributed by atoms with van der Waals surface area (Å²) in [5, 5.41) is 7.84. The van der Waals surface area contributed by atoms with Crippen LogP contribution in [0.3, 0.4) is 0 Å². The van der Waals surface area contributed by atoms with Crippen LogP contribution in [0.15, 0.2) is 97.3 Å². The van der Waals surface area contributed by atoms with Crippen molar-refractivity contribution in [2.75, 3.05) is 14.2 Å². The third-order valence-corrected chi connectivity index (χ3v) is 6.15. The van der Waals surface area contributed by atoms with Gasteiger partial charge >= 0.3 is 0 Å². The highest BCUT2D eigenvalue weighted by molar-refractivity contribution is 5.94. The molecule has 0 fully saturated rings. The molecule has 0 aliphatic rings. The molecule has 0 saturated carbocycles. The van der Waals surface area contributed by atoms with E-state index in [1.54, 1.807) is 31.2 Å². The molecule has 0 saturated heterocycles. The number of hydrogen-bond donors (Lipinski definition) is 1. The van der Waals surface area contributed by atoms with Crippen molar-refractivity contribution >= 4 is 5.91 Å². The molecule has 5 rings (SSSR count). The molecule has 0 bridgehead atoms. The summed E-state index contributed by atoms with van der Waals surface area (Å²) in [6.45, 7) is 0. The lowest BCUT2D eigenvalue weighted by Crippen LogP contribution is -2.31. The highest BCUT2D eigenvalue weighted by Gasteiger charge is 2.24. The predicted octanol–water partition coefficient (Wildman–Crippen LogP) is 4.81. The first-order valence-electron chi connectivity index (χ1n) is 11.8. The summed E-state index contributed by atoms with van der Waals surface area (Å²) in [5.41, 5.74) is 3.68. The molecule has 5 aromatic rings. The molecule has 0 aliphatic heterocycles. The number of para-hydroxylation sites is 1. The summed E-state index contributed by atoms with van der Waals surface area (Å²) in [7, 11) is 5.14. The molecule has 1 unspecified atom stereocenters. The van der Waals surface area contributed by atoms with Gasteiger partial charge < -0.3 is 19.4 Å². The minimum Gasteiger partial charge on any atom is -0.497 e. The van der Waals surface area contributed by atoms with Crippen LogP contribution in [0.4, 0.5) is 0 Å². The monoisotopic (exact) mass is 493 g/mol. The van der Waals surface area contributed by atoms with E-state index in [9.17, 15) is 4.79 Å². The lowest BCUT2D eigenvalue weighted by atomic mass is 10.1. The smallest absolute Gasteiger partial charge is 0.272 e. The van der Waals surface area contributed by atoms with Crippen molar-refractivity contribution in [1.29, 1.82) is 0 Å². The second-order valence-corrected chi connectivity index (χ2v) is 8.47. The van der Waals surface area contributed by atoms with Crippen molar-refractivity contribution in [1.82, 2.24) is 24.6 Å². The van der Waals surface area contributed by atoms with Gasteiger partial charge in [-0.2, -0.15) is 5.10 Å². The number of carbonyl (C=O) groups excluding carboxylic acids is 1. The molecule has 1 amide bonds. The van der Waals surface area contributed by atoms with Crippen molar-refractivity contribution in [3.63, 3.8) is 0 Å². The zero-order valence-corrected chi connectivity index (χ0v) is 20.8. The van der Waals surface area contributed by atoms with E-state index in [4.69, 9.17) is 14.6 Å². The summed E-state index contributed by atoms with van der Waals surface area (Å²) in [4.78, 5) is 18.1. The summed E-state index contributed by atoms with van der Waals surface area (Å²) < 4.78 is 14.4. The SMILES string of the molecule is COc1ccc(-c2cc(C(=O)NC(c3cccc(OC)c3)c3nccn3C)nn2-c2ccccc2)cc1. The first-order chi connectivity index (χ1) is 18.1. The molecule has 8 nitrogen and oxygen atoms in total. The third kappa shape index (κ3) is 4.95. The Labute approximate surface area is 215 Å². The molecular weight excluding hydrogens is 466 g/mol. The normalized spacial score (nSPS) is 11.6. The third-order valence-electron chi connectivity index (χ3n) is 6.15. The van der Waals surface area contributed by atoms with Gasteiger partial charge in [0.2, 0.25) is 0 Å². The van der Waals surface area contributed by atoms with Gasteiger partial charge in [0, 0.05) is 25.0 Å². The fourth-order valence-corrected chi connectivity index (χ4v) is 4.20. The van der Waals surface area contributed by atoms with E-state index in [2.05, 4.69) is 10.3 Å². The van der Waals surface area contributed by atoms with Crippen LogP contribution in [0.1, 0.15) is 27.9 Å². The summed E-state index contributed by atoms with van der Waals surface area (Å²) >= 11 is 0. The molecule has 37 heavy (non-hydrogen) atoms. The quantitative estimate of drug-likeness (QED) is 0.335. The number of nitrogens with one attached hydrogen (secondary N) is 1. The van der Waals surface area contributed by atoms with E-state index in [1.807, 2.05) is 96.7 Å². The summed E-state index contributed by atoms with van der Waals surface area (Å²) in [5.74, 6) is 1.82. The molecule has 0 spiro atoms. The van der Waals surface area contributed by atoms with E-state index < -0.39 is 6.04 Å². The Morgan fingerprint density at radius 1 is 0.892 bits per heavy atom. The first-order valence-corrected chi connectivity index (χ1v) is 11.8. The Hall–Kier alpha value is -4.85. The second-order valence-electron chi connectivity index (χ2n) is 8.47. The largest absolute Gasteiger partial charge is 0.497 e. The molecule has 1 atom stereocenters. The van der Waals surface area contributed by atoms with Crippen LogP contribution in [0.25, 0.3) is 16.9 Å². The maximum Gasteiger partial charge on any atom is 0.272 e. The van der Waals surface area contributed by atoms with Gasteiger partial charge in [-0.15, -0.1) is 0 Å². The molecule has 8 heteroatoms. The van der Waals surface area contributed by atoms with Crippen LogP contribution in [-0.4, -0.2) is 39.5 Å². The van der Waals surface area contributed by atoms with Crippen LogP contribution < -0.4 is 14.8 Å². The number of benzene rings is 3. The molecule has 2 aromatic heterocycles. The molecule has 0 radical (unpaired) electrons. The maximum absolute atomic E-state index is 13.6. The Bertz CT molecular complexity index is 1510. The molecule has 0 aliphatic carbocycles. The number of imidazole rings is 1. The van der Waals surface area contributed by atoms with Crippen LogP contribution in [-0.2, 0) is 7.05 Å². The maximum atomic E-state index is 13.6. The van der Waals surface area contributed by atoms with E-state index >= 15 is 0 Å². The number of methoxy groups -OCH3 is 2. The molecule has 3 aromatic carbocycles.